The molecular weight excluding hydrogens is 460 g/mol. The molecular formula is C24H24N2O5S2. The van der Waals surface area contributed by atoms with Crippen LogP contribution in [0.3, 0.4) is 0 Å². The molecule has 2 aromatic carbocycles. The predicted molar refractivity (Wildman–Crippen MR) is 133 cm³/mol. The molecule has 1 aliphatic rings. The Morgan fingerprint density at radius 1 is 1.12 bits per heavy atom. The molecule has 2 amide bonds. The molecule has 0 atom stereocenters. The maximum atomic E-state index is 12.7. The van der Waals surface area contributed by atoms with Crippen molar-refractivity contribution in [2.24, 2.45) is 0 Å². The van der Waals surface area contributed by atoms with Crippen LogP contribution >= 0.6 is 24.0 Å². The van der Waals surface area contributed by atoms with Crippen molar-refractivity contribution in [1.29, 1.82) is 0 Å². The lowest BCUT2D eigenvalue weighted by Gasteiger charge is -2.14. The summed E-state index contributed by atoms with van der Waals surface area (Å²) in [4.78, 5) is 38.3. The summed E-state index contributed by atoms with van der Waals surface area (Å²) in [6.45, 7) is 0.494. The lowest BCUT2D eigenvalue weighted by atomic mass is 10.1. The van der Waals surface area contributed by atoms with Gasteiger partial charge in [0.1, 0.15) is 10.1 Å². The molecule has 3 rings (SSSR count). The molecule has 2 N–H and O–H groups in total. The highest BCUT2D eigenvalue weighted by Crippen LogP contribution is 2.33. The number of hydrogen-bond donors (Lipinski definition) is 2. The number of amides is 2. The number of aromatic carboxylic acids is 1. The van der Waals surface area contributed by atoms with Gasteiger partial charge < -0.3 is 15.2 Å². The number of methoxy groups -OCH3 is 1. The lowest BCUT2D eigenvalue weighted by Crippen LogP contribution is -2.29. The van der Waals surface area contributed by atoms with Crippen LogP contribution in [0.4, 0.5) is 5.69 Å². The number of carbonyl (C=O) groups excluding carboxylic acids is 2. The van der Waals surface area contributed by atoms with E-state index in [9.17, 15) is 19.5 Å². The minimum absolute atomic E-state index is 0.0582. The number of carboxylic acids is 1. The summed E-state index contributed by atoms with van der Waals surface area (Å²) in [5.74, 6) is -0.685. The molecule has 1 fully saturated rings. The van der Waals surface area contributed by atoms with Gasteiger partial charge in [-0.25, -0.2) is 4.79 Å². The Morgan fingerprint density at radius 2 is 1.85 bits per heavy atom. The summed E-state index contributed by atoms with van der Waals surface area (Å²) < 4.78 is 5.68. The van der Waals surface area contributed by atoms with Crippen molar-refractivity contribution in [2.45, 2.75) is 25.7 Å². The third-order valence-corrected chi connectivity index (χ3v) is 6.38. The van der Waals surface area contributed by atoms with E-state index in [4.69, 9.17) is 17.0 Å². The summed E-state index contributed by atoms with van der Waals surface area (Å²) in [7, 11) is 1.60. The number of para-hydroxylation sites is 1. The molecule has 0 bridgehead atoms. The number of nitrogens with one attached hydrogen (secondary N) is 1. The topological polar surface area (TPSA) is 95.9 Å². The second-order valence-electron chi connectivity index (χ2n) is 7.32. The van der Waals surface area contributed by atoms with Crippen molar-refractivity contribution >= 4 is 57.8 Å². The molecule has 172 valence electrons. The van der Waals surface area contributed by atoms with E-state index in [1.54, 1.807) is 30.2 Å². The number of benzene rings is 2. The van der Waals surface area contributed by atoms with Gasteiger partial charge in [-0.05, 0) is 48.7 Å². The molecule has 2 aromatic rings. The molecule has 0 aromatic heterocycles. The third kappa shape index (κ3) is 6.66. The number of hydrogen-bond acceptors (Lipinski definition) is 6. The van der Waals surface area contributed by atoms with E-state index in [0.29, 0.717) is 28.6 Å². The zero-order chi connectivity index (χ0) is 23.8. The second kappa shape index (κ2) is 11.6. The first-order valence-electron chi connectivity index (χ1n) is 10.4. The molecule has 0 spiro atoms. The van der Waals surface area contributed by atoms with Gasteiger partial charge in [-0.15, -0.1) is 0 Å². The number of rotatable bonds is 10. The van der Waals surface area contributed by atoms with Crippen molar-refractivity contribution in [1.82, 2.24) is 4.90 Å². The molecule has 1 aliphatic heterocycles. The molecule has 0 unspecified atom stereocenters. The Balaban J connectivity index is 1.43. The SMILES string of the molecule is COc1ccc(/C=C2/SC(=S)N(CCCCCC(=O)Nc3ccccc3C(=O)O)C2=O)cc1. The minimum Gasteiger partial charge on any atom is -0.497 e. The van der Waals surface area contributed by atoms with Crippen molar-refractivity contribution in [3.63, 3.8) is 0 Å². The van der Waals surface area contributed by atoms with Gasteiger partial charge in [0, 0.05) is 13.0 Å². The quantitative estimate of drug-likeness (QED) is 0.284. The van der Waals surface area contributed by atoms with Crippen molar-refractivity contribution in [2.75, 3.05) is 19.0 Å². The van der Waals surface area contributed by atoms with E-state index in [2.05, 4.69) is 5.32 Å². The number of anilines is 1. The van der Waals surface area contributed by atoms with Crippen LogP contribution in [-0.2, 0) is 9.59 Å². The Bertz CT molecular complexity index is 1080. The fourth-order valence-electron chi connectivity index (χ4n) is 3.27. The van der Waals surface area contributed by atoms with Gasteiger partial charge in [-0.3, -0.25) is 14.5 Å². The first-order chi connectivity index (χ1) is 15.9. The van der Waals surface area contributed by atoms with Gasteiger partial charge >= 0.3 is 5.97 Å². The van der Waals surface area contributed by atoms with E-state index in [0.717, 1.165) is 17.7 Å². The van der Waals surface area contributed by atoms with Crippen LogP contribution in [0.15, 0.2) is 53.4 Å². The van der Waals surface area contributed by atoms with Gasteiger partial charge in [0.15, 0.2) is 0 Å². The third-order valence-electron chi connectivity index (χ3n) is 5.00. The van der Waals surface area contributed by atoms with Crippen LogP contribution in [0.5, 0.6) is 5.75 Å². The fourth-order valence-corrected chi connectivity index (χ4v) is 4.58. The van der Waals surface area contributed by atoms with Gasteiger partial charge in [-0.2, -0.15) is 0 Å². The van der Waals surface area contributed by atoms with Gasteiger partial charge in [-0.1, -0.05) is 54.7 Å². The Morgan fingerprint density at radius 3 is 2.55 bits per heavy atom. The molecule has 33 heavy (non-hydrogen) atoms. The van der Waals surface area contributed by atoms with Crippen molar-refractivity contribution in [3.05, 3.63) is 64.6 Å². The zero-order valence-corrected chi connectivity index (χ0v) is 19.7. The fraction of sp³-hybridized carbons (Fsp3) is 0.250. The number of nitrogens with zero attached hydrogens (tertiary/aromatic N) is 1. The smallest absolute Gasteiger partial charge is 0.337 e. The van der Waals surface area contributed by atoms with E-state index in [1.807, 2.05) is 30.3 Å². The van der Waals surface area contributed by atoms with Gasteiger partial charge in [0.2, 0.25) is 5.91 Å². The average molecular weight is 485 g/mol. The van der Waals surface area contributed by atoms with Crippen LogP contribution in [0.2, 0.25) is 0 Å². The summed E-state index contributed by atoms with van der Waals surface area (Å²) in [6, 6.07) is 13.7. The summed E-state index contributed by atoms with van der Waals surface area (Å²) in [5.41, 5.74) is 1.24. The zero-order valence-electron chi connectivity index (χ0n) is 18.1. The average Bonchev–Trinajstić information content (AvgIpc) is 3.06. The Labute approximate surface area is 201 Å². The Kier molecular flexibility index (Phi) is 8.62. The van der Waals surface area contributed by atoms with Crippen LogP contribution < -0.4 is 10.1 Å². The summed E-state index contributed by atoms with van der Waals surface area (Å²) >= 11 is 6.66. The predicted octanol–water partition coefficient (Wildman–Crippen LogP) is 4.79. The molecule has 0 saturated carbocycles. The highest BCUT2D eigenvalue weighted by molar-refractivity contribution is 8.26. The number of ether oxygens (including phenoxy) is 1. The number of carboxylic acid groups (broad SMARTS) is 1. The molecule has 9 heteroatoms. The van der Waals surface area contributed by atoms with Crippen LogP contribution in [0.25, 0.3) is 6.08 Å². The number of thiocarbonyl (C=S) groups is 1. The van der Waals surface area contributed by atoms with E-state index >= 15 is 0 Å². The van der Waals surface area contributed by atoms with Gasteiger partial charge in [0.05, 0.1) is 23.3 Å². The largest absolute Gasteiger partial charge is 0.497 e. The van der Waals surface area contributed by atoms with Crippen molar-refractivity contribution < 1.29 is 24.2 Å². The monoisotopic (exact) mass is 484 g/mol. The first-order valence-corrected chi connectivity index (χ1v) is 11.6. The number of unbranched alkanes of at least 4 members (excludes halogenated alkanes) is 2. The maximum absolute atomic E-state index is 12.7. The standard InChI is InChI=1S/C24H24N2O5S2/c1-31-17-12-10-16(11-13-17)15-20-22(28)26(24(32)33-20)14-6-2-3-9-21(27)25-19-8-5-4-7-18(19)23(29)30/h4-5,7-8,10-13,15H,2-3,6,9,14H2,1H3,(H,25,27)(H,29,30)/b20-15+. The van der Waals surface area contributed by atoms with Crippen LogP contribution in [-0.4, -0.2) is 45.8 Å². The first kappa shape index (κ1) is 24.5. The van der Waals surface area contributed by atoms with E-state index in [1.165, 1.54) is 17.8 Å². The molecule has 7 nitrogen and oxygen atoms in total. The van der Waals surface area contributed by atoms with Crippen molar-refractivity contribution in [3.8, 4) is 5.75 Å². The highest BCUT2D eigenvalue weighted by Gasteiger charge is 2.31. The summed E-state index contributed by atoms with van der Waals surface area (Å²) in [5, 5.41) is 11.8. The molecule has 1 heterocycles. The van der Waals surface area contributed by atoms with Gasteiger partial charge in [0.25, 0.3) is 5.91 Å². The lowest BCUT2D eigenvalue weighted by molar-refractivity contribution is -0.122. The maximum Gasteiger partial charge on any atom is 0.337 e. The molecule has 1 saturated heterocycles. The Hall–Kier alpha value is -3.17. The second-order valence-corrected chi connectivity index (χ2v) is 8.99. The normalized spacial score (nSPS) is 14.6. The van der Waals surface area contributed by atoms with E-state index < -0.39 is 5.97 Å². The van der Waals surface area contributed by atoms with E-state index in [-0.39, 0.29) is 29.5 Å². The summed E-state index contributed by atoms with van der Waals surface area (Å²) in [6.07, 6.45) is 4.16. The highest BCUT2D eigenvalue weighted by atomic mass is 32.2. The number of carbonyl (C=O) groups is 3. The minimum atomic E-state index is -1.09. The van der Waals surface area contributed by atoms with Crippen LogP contribution in [0, 0.1) is 0 Å². The molecule has 0 aliphatic carbocycles. The van der Waals surface area contributed by atoms with Crippen LogP contribution in [0.1, 0.15) is 41.6 Å². The number of thioether (sulfide) groups is 1. The molecule has 0 radical (unpaired) electrons.